The first kappa shape index (κ1) is 11.2. The third-order valence-corrected chi connectivity index (χ3v) is 4.06. The van der Waals surface area contributed by atoms with E-state index in [-0.39, 0.29) is 0 Å². The molecule has 0 aliphatic heterocycles. The highest BCUT2D eigenvalue weighted by atomic mass is 79.9. The molecule has 1 aliphatic carbocycles. The van der Waals surface area contributed by atoms with Gasteiger partial charge < -0.3 is 5.73 Å². The van der Waals surface area contributed by atoms with Gasteiger partial charge in [-0.3, -0.25) is 0 Å². The summed E-state index contributed by atoms with van der Waals surface area (Å²) >= 11 is 3.46. The van der Waals surface area contributed by atoms with Crippen LogP contribution in [0.15, 0.2) is 28.7 Å². The van der Waals surface area contributed by atoms with Crippen LogP contribution >= 0.6 is 15.9 Å². The third kappa shape index (κ3) is 2.82. The lowest BCUT2D eigenvalue weighted by Crippen LogP contribution is -2.30. The van der Waals surface area contributed by atoms with Crippen molar-refractivity contribution >= 4 is 15.9 Å². The Morgan fingerprint density at radius 3 is 2.40 bits per heavy atom. The van der Waals surface area contributed by atoms with E-state index in [1.54, 1.807) is 0 Å². The van der Waals surface area contributed by atoms with Crippen LogP contribution in [0.25, 0.3) is 0 Å². The maximum absolute atomic E-state index is 5.85. The molecule has 1 saturated carbocycles. The van der Waals surface area contributed by atoms with Crippen LogP contribution in [0.1, 0.15) is 24.8 Å². The van der Waals surface area contributed by atoms with E-state index in [0.29, 0.717) is 5.92 Å². The van der Waals surface area contributed by atoms with Crippen molar-refractivity contribution in [1.82, 2.24) is 0 Å². The maximum Gasteiger partial charge on any atom is 0.0175 e. The molecule has 1 unspecified atom stereocenters. The number of hydrogen-bond donors (Lipinski definition) is 1. The highest BCUT2D eigenvalue weighted by molar-refractivity contribution is 9.10. The molecule has 2 N–H and O–H groups in total. The van der Waals surface area contributed by atoms with Crippen molar-refractivity contribution in [1.29, 1.82) is 0 Å². The molecule has 0 bridgehead atoms. The van der Waals surface area contributed by atoms with E-state index in [1.165, 1.54) is 24.8 Å². The largest absolute Gasteiger partial charge is 0.330 e. The van der Waals surface area contributed by atoms with E-state index >= 15 is 0 Å². The van der Waals surface area contributed by atoms with Crippen molar-refractivity contribution in [3.05, 3.63) is 34.3 Å². The van der Waals surface area contributed by atoms with Gasteiger partial charge in [-0.1, -0.05) is 47.3 Å². The van der Waals surface area contributed by atoms with E-state index in [1.807, 2.05) is 0 Å². The summed E-state index contributed by atoms with van der Waals surface area (Å²) in [5, 5.41) is 0. The molecule has 1 fully saturated rings. The number of benzene rings is 1. The average Bonchev–Trinajstić information content (AvgIpc) is 2.17. The smallest absolute Gasteiger partial charge is 0.0175 e. The molecule has 15 heavy (non-hydrogen) atoms. The van der Waals surface area contributed by atoms with Gasteiger partial charge in [-0.2, -0.15) is 0 Å². The Morgan fingerprint density at radius 2 is 1.93 bits per heavy atom. The second-order valence-electron chi connectivity index (χ2n) is 4.52. The minimum Gasteiger partial charge on any atom is -0.330 e. The first-order valence-electron chi connectivity index (χ1n) is 5.74. The van der Waals surface area contributed by atoms with Crippen LogP contribution in [-0.4, -0.2) is 6.54 Å². The normalized spacial score (nSPS) is 18.5. The fraction of sp³-hybridized carbons (Fsp3) is 0.538. The Labute approximate surface area is 100 Å². The van der Waals surface area contributed by atoms with Gasteiger partial charge >= 0.3 is 0 Å². The molecule has 1 atom stereocenters. The maximum atomic E-state index is 5.85. The topological polar surface area (TPSA) is 26.0 Å². The first-order valence-corrected chi connectivity index (χ1v) is 6.53. The van der Waals surface area contributed by atoms with Gasteiger partial charge in [0.1, 0.15) is 0 Å². The second kappa shape index (κ2) is 5.13. The molecular weight excluding hydrogens is 250 g/mol. The highest BCUT2D eigenvalue weighted by Crippen LogP contribution is 2.34. The Kier molecular flexibility index (Phi) is 3.81. The monoisotopic (exact) mass is 267 g/mol. The van der Waals surface area contributed by atoms with Gasteiger partial charge in [0.15, 0.2) is 0 Å². The lowest BCUT2D eigenvalue weighted by atomic mass is 9.73. The van der Waals surface area contributed by atoms with Crippen LogP contribution in [0.4, 0.5) is 0 Å². The number of halogens is 1. The highest BCUT2D eigenvalue weighted by Gasteiger charge is 2.26. The quantitative estimate of drug-likeness (QED) is 0.890. The van der Waals surface area contributed by atoms with E-state index in [0.717, 1.165) is 23.4 Å². The van der Waals surface area contributed by atoms with Crippen molar-refractivity contribution in [2.45, 2.75) is 25.7 Å². The van der Waals surface area contributed by atoms with Crippen LogP contribution in [0.2, 0.25) is 0 Å². The zero-order valence-corrected chi connectivity index (χ0v) is 10.5. The average molecular weight is 268 g/mol. The van der Waals surface area contributed by atoms with Gasteiger partial charge in [-0.15, -0.1) is 0 Å². The van der Waals surface area contributed by atoms with Crippen molar-refractivity contribution in [3.8, 4) is 0 Å². The van der Waals surface area contributed by atoms with Crippen LogP contribution in [0.3, 0.4) is 0 Å². The molecule has 1 aromatic rings. The lowest BCUT2D eigenvalue weighted by molar-refractivity contribution is 0.209. The minimum absolute atomic E-state index is 0.694. The van der Waals surface area contributed by atoms with E-state index in [2.05, 4.69) is 40.2 Å². The molecule has 0 radical (unpaired) electrons. The van der Waals surface area contributed by atoms with E-state index < -0.39 is 0 Å². The van der Waals surface area contributed by atoms with Gasteiger partial charge in [0, 0.05) is 4.47 Å². The summed E-state index contributed by atoms with van der Waals surface area (Å²) in [7, 11) is 0. The first-order chi connectivity index (χ1) is 7.29. The molecule has 0 spiro atoms. The molecule has 1 nitrogen and oxygen atoms in total. The van der Waals surface area contributed by atoms with Crippen molar-refractivity contribution < 1.29 is 0 Å². The molecule has 82 valence electrons. The van der Waals surface area contributed by atoms with Gasteiger partial charge in [-0.25, -0.2) is 0 Å². The van der Waals surface area contributed by atoms with Gasteiger partial charge in [0.25, 0.3) is 0 Å². The zero-order chi connectivity index (χ0) is 10.7. The molecule has 0 amide bonds. The summed E-state index contributed by atoms with van der Waals surface area (Å²) in [6, 6.07) is 8.63. The Morgan fingerprint density at radius 1 is 1.27 bits per heavy atom. The fourth-order valence-electron chi connectivity index (χ4n) is 2.28. The molecule has 2 heteroatoms. The lowest BCUT2D eigenvalue weighted by Gasteiger charge is -2.33. The number of hydrogen-bond acceptors (Lipinski definition) is 1. The van der Waals surface area contributed by atoms with Crippen molar-refractivity contribution in [3.63, 3.8) is 0 Å². The Hall–Kier alpha value is -0.340. The molecule has 1 aliphatic rings. The Bertz CT molecular complexity index is 303. The SMILES string of the molecule is NCC(Cc1ccc(Br)cc1)C1CCC1. The van der Waals surface area contributed by atoms with Gasteiger partial charge in [-0.05, 0) is 42.5 Å². The van der Waals surface area contributed by atoms with Gasteiger partial charge in [0.2, 0.25) is 0 Å². The summed E-state index contributed by atoms with van der Waals surface area (Å²) in [5.41, 5.74) is 7.27. The second-order valence-corrected chi connectivity index (χ2v) is 5.43. The van der Waals surface area contributed by atoms with Gasteiger partial charge in [0.05, 0.1) is 0 Å². The van der Waals surface area contributed by atoms with Crippen molar-refractivity contribution in [2.75, 3.05) is 6.54 Å². The molecule has 1 aromatic carbocycles. The number of rotatable bonds is 4. The van der Waals surface area contributed by atoms with Crippen LogP contribution in [-0.2, 0) is 6.42 Å². The summed E-state index contributed by atoms with van der Waals surface area (Å²) < 4.78 is 1.15. The summed E-state index contributed by atoms with van der Waals surface area (Å²) in [6.07, 6.45) is 5.33. The van der Waals surface area contributed by atoms with E-state index in [9.17, 15) is 0 Å². The zero-order valence-electron chi connectivity index (χ0n) is 8.95. The molecule has 0 heterocycles. The summed E-state index contributed by atoms with van der Waals surface area (Å²) in [4.78, 5) is 0. The standard InChI is InChI=1S/C13H18BrN/c14-13-6-4-10(5-7-13)8-12(9-15)11-2-1-3-11/h4-7,11-12H,1-3,8-9,15H2. The van der Waals surface area contributed by atoms with Crippen molar-refractivity contribution in [2.24, 2.45) is 17.6 Å². The van der Waals surface area contributed by atoms with Crippen LogP contribution in [0, 0.1) is 11.8 Å². The third-order valence-electron chi connectivity index (χ3n) is 3.53. The van der Waals surface area contributed by atoms with Crippen LogP contribution < -0.4 is 5.73 Å². The predicted octanol–water partition coefficient (Wildman–Crippen LogP) is 3.37. The summed E-state index contributed by atoms with van der Waals surface area (Å²) in [6.45, 7) is 0.834. The molecule has 2 rings (SSSR count). The van der Waals surface area contributed by atoms with Crippen LogP contribution in [0.5, 0.6) is 0 Å². The number of nitrogens with two attached hydrogens (primary N) is 1. The van der Waals surface area contributed by atoms with E-state index in [4.69, 9.17) is 5.73 Å². The molecule has 0 aromatic heterocycles. The molecule has 0 saturated heterocycles. The predicted molar refractivity (Wildman–Crippen MR) is 67.7 cm³/mol. The fourth-order valence-corrected chi connectivity index (χ4v) is 2.54. The molecular formula is C13H18BrN. The Balaban J connectivity index is 1.96. The summed E-state index contributed by atoms with van der Waals surface area (Å²) in [5.74, 6) is 1.58. The minimum atomic E-state index is 0.694.